The van der Waals surface area contributed by atoms with E-state index in [0.29, 0.717) is 23.6 Å². The van der Waals surface area contributed by atoms with Gasteiger partial charge in [-0.25, -0.2) is 8.42 Å². The van der Waals surface area contributed by atoms with Crippen molar-refractivity contribution in [3.8, 4) is 0 Å². The molecule has 3 rings (SSSR count). The van der Waals surface area contributed by atoms with Crippen LogP contribution < -0.4 is 10.2 Å². The Morgan fingerprint density at radius 2 is 2.12 bits per heavy atom. The van der Waals surface area contributed by atoms with Crippen molar-refractivity contribution in [2.75, 3.05) is 43.4 Å². The van der Waals surface area contributed by atoms with E-state index in [-0.39, 0.29) is 16.6 Å². The van der Waals surface area contributed by atoms with E-state index in [0.717, 1.165) is 37.3 Å². The van der Waals surface area contributed by atoms with Gasteiger partial charge in [-0.1, -0.05) is 6.92 Å². The summed E-state index contributed by atoms with van der Waals surface area (Å²) in [6.07, 6.45) is 0.754. The van der Waals surface area contributed by atoms with E-state index >= 15 is 0 Å². The number of halogens is 1. The van der Waals surface area contributed by atoms with Crippen LogP contribution in [-0.4, -0.2) is 63.7 Å². The number of anilines is 1. The summed E-state index contributed by atoms with van der Waals surface area (Å²) in [4.78, 5) is 17.0. The molecule has 0 radical (unpaired) electrons. The highest BCUT2D eigenvalue weighted by Crippen LogP contribution is 2.35. The smallest absolute Gasteiger partial charge is 0.241 e. The lowest BCUT2D eigenvalue weighted by atomic mass is 10.2. The maximum Gasteiger partial charge on any atom is 0.241 e. The lowest BCUT2D eigenvalue weighted by Crippen LogP contribution is -2.52. The minimum Gasteiger partial charge on any atom is -0.312 e. The van der Waals surface area contributed by atoms with Crippen LogP contribution in [0.15, 0.2) is 21.5 Å². The van der Waals surface area contributed by atoms with E-state index in [4.69, 9.17) is 0 Å². The molecule has 138 valence electrons. The van der Waals surface area contributed by atoms with Gasteiger partial charge < -0.3 is 10.2 Å². The molecule has 0 spiro atoms. The van der Waals surface area contributed by atoms with Gasteiger partial charge in [0.1, 0.15) is 0 Å². The van der Waals surface area contributed by atoms with Crippen LogP contribution in [-0.2, 0) is 21.1 Å². The number of sulfone groups is 1. The molecule has 2 aliphatic heterocycles. The molecule has 1 amide bonds. The predicted molar refractivity (Wildman–Crippen MR) is 102 cm³/mol. The van der Waals surface area contributed by atoms with Crippen LogP contribution >= 0.6 is 15.9 Å². The summed E-state index contributed by atoms with van der Waals surface area (Å²) in [6.45, 7) is 7.31. The molecule has 6 nitrogen and oxygen atoms in total. The predicted octanol–water partition coefficient (Wildman–Crippen LogP) is 1.43. The van der Waals surface area contributed by atoms with Crippen LogP contribution in [0.5, 0.6) is 0 Å². The normalized spacial score (nSPS) is 21.4. The third kappa shape index (κ3) is 3.92. The Morgan fingerprint density at radius 1 is 1.36 bits per heavy atom. The standard InChI is InChI=1S/C17H24BrN3O3S/c1-3-25(23,24)16-9-15-13(8-14(16)18)4-6-21(15)17(22)11-20-7-5-19-12(2)10-20/h8-9,12,19H,3-7,10-11H2,1-2H3/t12-/m1/s1. The molecule has 0 aromatic heterocycles. The van der Waals surface area contributed by atoms with Crippen molar-refractivity contribution in [3.05, 3.63) is 22.2 Å². The minimum atomic E-state index is -3.34. The van der Waals surface area contributed by atoms with Crippen LogP contribution in [0.4, 0.5) is 5.69 Å². The number of carbonyl (C=O) groups excluding carboxylic acids is 1. The van der Waals surface area contributed by atoms with Gasteiger partial charge in [0.2, 0.25) is 5.91 Å². The van der Waals surface area contributed by atoms with E-state index in [2.05, 4.69) is 33.1 Å². The molecule has 25 heavy (non-hydrogen) atoms. The zero-order valence-corrected chi connectivity index (χ0v) is 17.0. The summed E-state index contributed by atoms with van der Waals surface area (Å²) in [6, 6.07) is 3.88. The van der Waals surface area contributed by atoms with Crippen LogP contribution in [0.2, 0.25) is 0 Å². The molecule has 1 aromatic rings. The number of fused-ring (bicyclic) bond motifs is 1. The maximum atomic E-state index is 12.8. The van der Waals surface area contributed by atoms with Gasteiger partial charge in [0.15, 0.2) is 9.84 Å². The average molecular weight is 430 g/mol. The Kier molecular flexibility index (Phi) is 5.53. The van der Waals surface area contributed by atoms with Gasteiger partial charge >= 0.3 is 0 Å². The Morgan fingerprint density at radius 3 is 2.80 bits per heavy atom. The fourth-order valence-electron chi connectivity index (χ4n) is 3.47. The highest BCUT2D eigenvalue weighted by atomic mass is 79.9. The molecule has 0 aliphatic carbocycles. The van der Waals surface area contributed by atoms with Crippen molar-refractivity contribution in [3.63, 3.8) is 0 Å². The summed E-state index contributed by atoms with van der Waals surface area (Å²) in [5, 5.41) is 3.37. The van der Waals surface area contributed by atoms with Gasteiger partial charge in [0, 0.05) is 42.4 Å². The molecule has 0 unspecified atom stereocenters. The Balaban J connectivity index is 1.83. The summed E-state index contributed by atoms with van der Waals surface area (Å²) in [7, 11) is -3.34. The van der Waals surface area contributed by atoms with E-state index in [1.807, 2.05) is 6.07 Å². The topological polar surface area (TPSA) is 69.7 Å². The molecular weight excluding hydrogens is 406 g/mol. The summed E-state index contributed by atoms with van der Waals surface area (Å²) in [5.74, 6) is 0.0757. The number of carbonyl (C=O) groups is 1. The quantitative estimate of drug-likeness (QED) is 0.783. The third-order valence-corrected chi connectivity index (χ3v) is 7.54. The lowest BCUT2D eigenvalue weighted by Gasteiger charge is -2.32. The Labute approximate surface area is 157 Å². The van der Waals surface area contributed by atoms with Crippen molar-refractivity contribution >= 4 is 37.4 Å². The molecule has 0 saturated carbocycles. The number of rotatable bonds is 4. The summed E-state index contributed by atoms with van der Waals surface area (Å²) >= 11 is 3.37. The molecule has 1 N–H and O–H groups in total. The highest BCUT2D eigenvalue weighted by molar-refractivity contribution is 9.10. The lowest BCUT2D eigenvalue weighted by molar-refractivity contribution is -0.119. The molecule has 8 heteroatoms. The molecule has 2 heterocycles. The number of piperazine rings is 1. The summed E-state index contributed by atoms with van der Waals surface area (Å²) < 4.78 is 25.2. The van der Waals surface area contributed by atoms with E-state index in [9.17, 15) is 13.2 Å². The van der Waals surface area contributed by atoms with Crippen LogP contribution in [0.1, 0.15) is 19.4 Å². The van der Waals surface area contributed by atoms with Crippen molar-refractivity contribution in [2.45, 2.75) is 31.2 Å². The van der Waals surface area contributed by atoms with Gasteiger partial charge in [0.05, 0.1) is 17.2 Å². The van der Waals surface area contributed by atoms with Gasteiger partial charge in [-0.2, -0.15) is 0 Å². The van der Waals surface area contributed by atoms with Crippen LogP contribution in [0, 0.1) is 0 Å². The number of nitrogens with one attached hydrogen (secondary N) is 1. The van der Waals surface area contributed by atoms with Gasteiger partial charge in [0.25, 0.3) is 0 Å². The number of nitrogens with zero attached hydrogens (tertiary/aromatic N) is 2. The maximum absolute atomic E-state index is 12.8. The first-order chi connectivity index (χ1) is 11.8. The summed E-state index contributed by atoms with van der Waals surface area (Å²) in [5.41, 5.74) is 1.76. The SMILES string of the molecule is CCS(=O)(=O)c1cc2c(cc1Br)CCN2C(=O)CN1CCN[C@H](C)C1. The third-order valence-electron chi connectivity index (χ3n) is 4.86. The number of benzene rings is 1. The minimum absolute atomic E-state index is 0.0371. The molecule has 2 aliphatic rings. The second kappa shape index (κ2) is 7.34. The second-order valence-corrected chi connectivity index (χ2v) is 9.80. The number of amides is 1. The van der Waals surface area contributed by atoms with Crippen molar-refractivity contribution in [2.24, 2.45) is 0 Å². The van der Waals surface area contributed by atoms with Crippen LogP contribution in [0.3, 0.4) is 0 Å². The molecule has 1 fully saturated rings. The van der Waals surface area contributed by atoms with E-state index in [1.165, 1.54) is 0 Å². The first-order valence-electron chi connectivity index (χ1n) is 8.63. The van der Waals surface area contributed by atoms with Crippen LogP contribution in [0.25, 0.3) is 0 Å². The monoisotopic (exact) mass is 429 g/mol. The number of hydrogen-bond donors (Lipinski definition) is 1. The van der Waals surface area contributed by atoms with Crippen molar-refractivity contribution in [1.82, 2.24) is 10.2 Å². The zero-order valence-electron chi connectivity index (χ0n) is 14.6. The van der Waals surface area contributed by atoms with Gasteiger partial charge in [-0.3, -0.25) is 9.69 Å². The van der Waals surface area contributed by atoms with Gasteiger partial charge in [-0.15, -0.1) is 0 Å². The van der Waals surface area contributed by atoms with E-state index < -0.39 is 9.84 Å². The second-order valence-electron chi connectivity index (χ2n) is 6.70. The molecule has 0 bridgehead atoms. The zero-order chi connectivity index (χ0) is 18.2. The average Bonchev–Trinajstić information content (AvgIpc) is 2.96. The fraction of sp³-hybridized carbons (Fsp3) is 0.588. The molecule has 1 aromatic carbocycles. The van der Waals surface area contributed by atoms with Gasteiger partial charge in [-0.05, 0) is 47.0 Å². The first kappa shape index (κ1) is 18.8. The molecule has 1 atom stereocenters. The molecule has 1 saturated heterocycles. The Bertz CT molecular complexity index is 782. The first-order valence-corrected chi connectivity index (χ1v) is 11.1. The largest absolute Gasteiger partial charge is 0.312 e. The van der Waals surface area contributed by atoms with Crippen molar-refractivity contribution < 1.29 is 13.2 Å². The Hall–Kier alpha value is -0.960. The fourth-order valence-corrected chi connectivity index (χ4v) is 5.56. The van der Waals surface area contributed by atoms with Crippen molar-refractivity contribution in [1.29, 1.82) is 0 Å². The molecular formula is C17H24BrN3O3S. The number of hydrogen-bond acceptors (Lipinski definition) is 5. The highest BCUT2D eigenvalue weighted by Gasteiger charge is 2.29. The van der Waals surface area contributed by atoms with E-state index in [1.54, 1.807) is 17.9 Å².